The van der Waals surface area contributed by atoms with Gasteiger partial charge >= 0.3 is 5.97 Å². The summed E-state index contributed by atoms with van der Waals surface area (Å²) in [5.74, 6) is -0.0334. The van der Waals surface area contributed by atoms with E-state index in [9.17, 15) is 9.90 Å². The number of carbonyl (C=O) groups is 1. The van der Waals surface area contributed by atoms with Crippen LogP contribution in [0.2, 0.25) is 0 Å². The Morgan fingerprint density at radius 2 is 2.08 bits per heavy atom. The van der Waals surface area contributed by atoms with E-state index in [2.05, 4.69) is 51.8 Å². The van der Waals surface area contributed by atoms with Crippen LogP contribution in [0.4, 0.5) is 5.82 Å². The predicted molar refractivity (Wildman–Crippen MR) is 159 cm³/mol. The average molecular weight is 555 g/mol. The lowest BCUT2D eigenvalue weighted by atomic mass is 9.84. The molecule has 0 bridgehead atoms. The Bertz CT molecular complexity index is 1720. The van der Waals surface area contributed by atoms with Gasteiger partial charge in [-0.1, -0.05) is 36.8 Å². The van der Waals surface area contributed by atoms with Gasteiger partial charge in [0.1, 0.15) is 11.3 Å². The van der Waals surface area contributed by atoms with Crippen molar-refractivity contribution in [1.82, 2.24) is 24.9 Å². The van der Waals surface area contributed by atoms with Crippen molar-refractivity contribution in [2.45, 2.75) is 52.1 Å². The number of benzene rings is 2. The number of aliphatic carboxylic acids is 1. The number of nitrogens with two attached hydrogens (primary N) is 1. The highest BCUT2D eigenvalue weighted by Gasteiger charge is 2.26. The number of rotatable bonds is 7. The molecule has 2 atom stereocenters. The number of hydrogen-bond donors (Lipinski definition) is 2. The molecule has 8 nitrogen and oxygen atoms in total. The Labute approximate surface area is 237 Å². The summed E-state index contributed by atoms with van der Waals surface area (Å²) in [5.41, 5.74) is 14.4. The van der Waals surface area contributed by atoms with Crippen LogP contribution >= 0.6 is 11.3 Å². The quantitative estimate of drug-likeness (QED) is 0.267. The van der Waals surface area contributed by atoms with Gasteiger partial charge in [-0.25, -0.2) is 9.67 Å². The fourth-order valence-electron chi connectivity index (χ4n) is 6.23. The van der Waals surface area contributed by atoms with E-state index in [1.807, 2.05) is 32.2 Å². The molecule has 0 saturated carbocycles. The number of carboxylic acid groups (broad SMARTS) is 1. The first-order valence-electron chi connectivity index (χ1n) is 13.8. The van der Waals surface area contributed by atoms with Crippen LogP contribution in [0.5, 0.6) is 0 Å². The highest BCUT2D eigenvalue weighted by molar-refractivity contribution is 7.17. The molecule has 1 aliphatic heterocycles. The standard InChI is InChI=1S/C31H34N6O2S/c1-4-19-11-20-5-8-28(32)33-26(20)17-37(15-19)16-23-13-22(12-21-9-10-40-31(21)23)25(14-29(38)39)24-6-7-27-30(18(24)2)34-35-36(27)3/h5-10,12-13,19,25H,4,11,14-17H2,1-3H3,(H2,32,33)(H,38,39)/t19-,25+/m0/s1. The number of hydrogen-bond acceptors (Lipinski definition) is 7. The van der Waals surface area contributed by atoms with Crippen LogP contribution in [0.3, 0.4) is 0 Å². The summed E-state index contributed by atoms with van der Waals surface area (Å²) in [7, 11) is 1.87. The molecule has 0 radical (unpaired) electrons. The van der Waals surface area contributed by atoms with E-state index in [1.165, 1.54) is 15.8 Å². The van der Waals surface area contributed by atoms with E-state index in [-0.39, 0.29) is 12.3 Å². The molecule has 4 heterocycles. The fraction of sp³-hybridized carbons (Fsp3) is 0.355. The minimum Gasteiger partial charge on any atom is -0.481 e. The van der Waals surface area contributed by atoms with Gasteiger partial charge in [0.05, 0.1) is 17.6 Å². The molecule has 0 saturated heterocycles. The van der Waals surface area contributed by atoms with Crippen LogP contribution in [0.15, 0.2) is 47.8 Å². The van der Waals surface area contributed by atoms with Gasteiger partial charge in [-0.05, 0) is 82.1 Å². The second-order valence-electron chi connectivity index (χ2n) is 11.0. The summed E-state index contributed by atoms with van der Waals surface area (Å²) in [5, 5.41) is 21.8. The van der Waals surface area contributed by atoms with Crippen LogP contribution in [0.25, 0.3) is 21.1 Å². The van der Waals surface area contributed by atoms with Crippen LogP contribution in [-0.4, -0.2) is 42.5 Å². The Morgan fingerprint density at radius 3 is 2.88 bits per heavy atom. The first-order valence-corrected chi connectivity index (χ1v) is 14.7. The molecule has 0 amide bonds. The maximum absolute atomic E-state index is 12.1. The number of aryl methyl sites for hydroxylation is 2. The van der Waals surface area contributed by atoms with Crippen molar-refractivity contribution < 1.29 is 9.90 Å². The summed E-state index contributed by atoms with van der Waals surface area (Å²) in [6.45, 7) is 6.76. The number of aromatic nitrogens is 4. The zero-order valence-corrected chi connectivity index (χ0v) is 23.9. The van der Waals surface area contributed by atoms with E-state index >= 15 is 0 Å². The van der Waals surface area contributed by atoms with Gasteiger partial charge in [-0.3, -0.25) is 9.69 Å². The Hall–Kier alpha value is -3.82. The molecule has 0 unspecified atom stereocenters. The molecule has 206 valence electrons. The highest BCUT2D eigenvalue weighted by Crippen LogP contribution is 2.38. The molecule has 0 fully saturated rings. The van der Waals surface area contributed by atoms with E-state index < -0.39 is 5.97 Å². The molecule has 3 aromatic heterocycles. The third-order valence-corrected chi connectivity index (χ3v) is 9.35. The number of fused-ring (bicyclic) bond motifs is 3. The van der Waals surface area contributed by atoms with E-state index in [0.29, 0.717) is 11.7 Å². The second-order valence-corrected chi connectivity index (χ2v) is 11.9. The topological polar surface area (TPSA) is 110 Å². The molecule has 2 aromatic carbocycles. The van der Waals surface area contributed by atoms with Crippen molar-refractivity contribution in [3.63, 3.8) is 0 Å². The van der Waals surface area contributed by atoms with Gasteiger partial charge in [0.2, 0.25) is 0 Å². The first kappa shape index (κ1) is 26.4. The van der Waals surface area contributed by atoms with Crippen molar-refractivity contribution in [3.05, 3.63) is 81.4 Å². The van der Waals surface area contributed by atoms with Gasteiger partial charge in [-0.2, -0.15) is 0 Å². The maximum atomic E-state index is 12.1. The maximum Gasteiger partial charge on any atom is 0.304 e. The lowest BCUT2D eigenvalue weighted by molar-refractivity contribution is -0.137. The smallest absolute Gasteiger partial charge is 0.304 e. The van der Waals surface area contributed by atoms with Crippen molar-refractivity contribution in [2.24, 2.45) is 13.0 Å². The number of anilines is 1. The zero-order chi connectivity index (χ0) is 28.0. The Morgan fingerprint density at radius 1 is 1.23 bits per heavy atom. The fourth-order valence-corrected chi connectivity index (χ4v) is 7.12. The van der Waals surface area contributed by atoms with Crippen LogP contribution in [0, 0.1) is 12.8 Å². The minimum atomic E-state index is -0.825. The van der Waals surface area contributed by atoms with Gasteiger partial charge in [-0.15, -0.1) is 16.4 Å². The van der Waals surface area contributed by atoms with Crippen LogP contribution < -0.4 is 5.73 Å². The van der Waals surface area contributed by atoms with E-state index in [0.717, 1.165) is 71.3 Å². The van der Waals surface area contributed by atoms with Crippen molar-refractivity contribution >= 4 is 44.2 Å². The van der Waals surface area contributed by atoms with Gasteiger partial charge in [0, 0.05) is 37.3 Å². The number of thiophene rings is 1. The summed E-state index contributed by atoms with van der Waals surface area (Å²) in [6, 6.07) is 14.6. The largest absolute Gasteiger partial charge is 0.481 e. The molecule has 5 aromatic rings. The highest BCUT2D eigenvalue weighted by atomic mass is 32.1. The zero-order valence-electron chi connectivity index (χ0n) is 23.1. The lowest BCUT2D eigenvalue weighted by Gasteiger charge is -2.25. The number of pyridine rings is 1. The third kappa shape index (κ3) is 4.95. The minimum absolute atomic E-state index is 0.000111. The normalized spacial score (nSPS) is 16.7. The molecular formula is C31H34N6O2S. The van der Waals surface area contributed by atoms with Crippen molar-refractivity contribution in [1.29, 1.82) is 0 Å². The van der Waals surface area contributed by atoms with E-state index in [1.54, 1.807) is 16.0 Å². The lowest BCUT2D eigenvalue weighted by Crippen LogP contribution is -2.27. The summed E-state index contributed by atoms with van der Waals surface area (Å²) >= 11 is 1.74. The van der Waals surface area contributed by atoms with E-state index in [4.69, 9.17) is 10.7 Å². The van der Waals surface area contributed by atoms with Gasteiger partial charge in [0.15, 0.2) is 0 Å². The van der Waals surface area contributed by atoms with Gasteiger partial charge < -0.3 is 10.8 Å². The molecule has 40 heavy (non-hydrogen) atoms. The van der Waals surface area contributed by atoms with Crippen LogP contribution in [-0.2, 0) is 31.4 Å². The number of nitrogen functional groups attached to an aromatic ring is 1. The van der Waals surface area contributed by atoms with Gasteiger partial charge in [0.25, 0.3) is 0 Å². The predicted octanol–water partition coefficient (Wildman–Crippen LogP) is 5.66. The second kappa shape index (κ2) is 10.6. The van der Waals surface area contributed by atoms with Crippen molar-refractivity contribution in [3.8, 4) is 0 Å². The Kier molecular flexibility index (Phi) is 7.02. The van der Waals surface area contributed by atoms with Crippen LogP contribution in [0.1, 0.15) is 59.2 Å². The summed E-state index contributed by atoms with van der Waals surface area (Å²) in [6.07, 6.45) is 2.11. The molecule has 9 heteroatoms. The SMILES string of the molecule is CC[C@H]1Cc2ccc(N)nc2CN(Cc2cc([C@@H](CC(=O)O)c3ccc4c(nnn4C)c3C)cc3ccsc23)C1. The third-order valence-electron chi connectivity index (χ3n) is 8.35. The molecule has 6 rings (SSSR count). The molecule has 1 aliphatic rings. The van der Waals surface area contributed by atoms with Crippen molar-refractivity contribution in [2.75, 3.05) is 12.3 Å². The molecule has 0 spiro atoms. The number of nitrogens with zero attached hydrogens (tertiary/aromatic N) is 5. The number of carboxylic acids is 1. The summed E-state index contributed by atoms with van der Waals surface area (Å²) in [4.78, 5) is 19.3. The first-order chi connectivity index (χ1) is 19.3. The monoisotopic (exact) mass is 554 g/mol. The summed E-state index contributed by atoms with van der Waals surface area (Å²) < 4.78 is 3.00. The average Bonchev–Trinajstić information content (AvgIpc) is 3.51. The molecular weight excluding hydrogens is 520 g/mol. The molecule has 0 aliphatic carbocycles. The molecule has 3 N–H and O–H groups in total. The Balaban J connectivity index is 1.42.